The molecule has 0 bridgehead atoms. The maximum atomic E-state index is 11.5. The van der Waals surface area contributed by atoms with Crippen LogP contribution < -0.4 is 0 Å². The van der Waals surface area contributed by atoms with E-state index in [-0.39, 0.29) is 11.4 Å². The van der Waals surface area contributed by atoms with Crippen LogP contribution in [0, 0.1) is 0 Å². The number of carbonyl (C=O) groups excluding carboxylic acids is 1. The number of ether oxygens (including phenoxy) is 1. The van der Waals surface area contributed by atoms with Gasteiger partial charge in [0.1, 0.15) is 0 Å². The third kappa shape index (κ3) is 2.56. The Morgan fingerprint density at radius 2 is 2.27 bits per heavy atom. The van der Waals surface area contributed by atoms with Gasteiger partial charge in [-0.25, -0.2) is 4.79 Å². The summed E-state index contributed by atoms with van der Waals surface area (Å²) >= 11 is 3.43. The molecule has 0 N–H and O–H groups in total. The number of pyridine rings is 1. The fourth-order valence-electron chi connectivity index (χ4n) is 1.29. The van der Waals surface area contributed by atoms with Crippen LogP contribution in [-0.2, 0) is 10.2 Å². The van der Waals surface area contributed by atoms with E-state index in [9.17, 15) is 4.79 Å². The van der Waals surface area contributed by atoms with Crippen molar-refractivity contribution in [2.24, 2.45) is 0 Å². The van der Waals surface area contributed by atoms with Gasteiger partial charge in [-0.05, 0) is 11.6 Å². The van der Waals surface area contributed by atoms with Crippen molar-refractivity contribution in [1.82, 2.24) is 4.98 Å². The highest BCUT2D eigenvalue weighted by molar-refractivity contribution is 9.09. The molecule has 0 aliphatic carbocycles. The summed E-state index contributed by atoms with van der Waals surface area (Å²) in [4.78, 5) is 15.6. The summed E-state index contributed by atoms with van der Waals surface area (Å²) in [5.74, 6) is -0.318. The standard InChI is InChI=1S/C11H14BrNO2/c1-11(2,7-12)9-6-13-5-4-8(9)10(14)15-3/h4-6H,7H2,1-3H3. The minimum Gasteiger partial charge on any atom is -0.465 e. The summed E-state index contributed by atoms with van der Waals surface area (Å²) in [6.45, 7) is 4.09. The summed E-state index contributed by atoms with van der Waals surface area (Å²) in [6.07, 6.45) is 3.31. The second kappa shape index (κ2) is 4.75. The fraction of sp³-hybridized carbons (Fsp3) is 0.455. The number of alkyl halides is 1. The molecule has 0 amide bonds. The highest BCUT2D eigenvalue weighted by atomic mass is 79.9. The molecule has 1 aromatic rings. The smallest absolute Gasteiger partial charge is 0.338 e. The van der Waals surface area contributed by atoms with Gasteiger partial charge in [0.05, 0.1) is 12.7 Å². The normalized spacial score (nSPS) is 11.2. The van der Waals surface area contributed by atoms with Crippen LogP contribution in [0.1, 0.15) is 29.8 Å². The van der Waals surface area contributed by atoms with Crippen LogP contribution >= 0.6 is 15.9 Å². The van der Waals surface area contributed by atoms with E-state index in [4.69, 9.17) is 4.74 Å². The SMILES string of the molecule is COC(=O)c1ccncc1C(C)(C)CBr. The topological polar surface area (TPSA) is 39.2 Å². The van der Waals surface area contributed by atoms with E-state index in [0.29, 0.717) is 5.56 Å². The van der Waals surface area contributed by atoms with E-state index in [1.807, 2.05) is 13.8 Å². The van der Waals surface area contributed by atoms with Crippen molar-refractivity contribution in [3.63, 3.8) is 0 Å². The first-order valence-corrected chi connectivity index (χ1v) is 5.74. The molecular formula is C11H14BrNO2. The number of hydrogen-bond acceptors (Lipinski definition) is 3. The van der Waals surface area contributed by atoms with Gasteiger partial charge in [0.2, 0.25) is 0 Å². The van der Waals surface area contributed by atoms with E-state index in [1.54, 1.807) is 18.5 Å². The van der Waals surface area contributed by atoms with Gasteiger partial charge in [-0.2, -0.15) is 0 Å². The lowest BCUT2D eigenvalue weighted by molar-refractivity contribution is 0.0598. The lowest BCUT2D eigenvalue weighted by Crippen LogP contribution is -2.23. The second-order valence-corrected chi connectivity index (χ2v) is 4.49. The highest BCUT2D eigenvalue weighted by Crippen LogP contribution is 2.27. The molecule has 0 spiro atoms. The Balaban J connectivity index is 3.23. The summed E-state index contributed by atoms with van der Waals surface area (Å²) in [6, 6.07) is 1.69. The van der Waals surface area contributed by atoms with E-state index >= 15 is 0 Å². The van der Waals surface area contributed by atoms with Gasteiger partial charge in [-0.15, -0.1) is 0 Å². The number of hydrogen-bond donors (Lipinski definition) is 0. The van der Waals surface area contributed by atoms with Gasteiger partial charge < -0.3 is 4.74 Å². The molecule has 0 aliphatic heterocycles. The molecule has 0 atom stereocenters. The van der Waals surface area contributed by atoms with Gasteiger partial charge in [0.15, 0.2) is 0 Å². The number of methoxy groups -OCH3 is 1. The summed E-state index contributed by atoms with van der Waals surface area (Å²) in [5.41, 5.74) is 1.34. The van der Waals surface area contributed by atoms with E-state index in [2.05, 4.69) is 20.9 Å². The minimum atomic E-state index is -0.318. The van der Waals surface area contributed by atoms with Crippen LogP contribution in [0.25, 0.3) is 0 Å². The van der Waals surface area contributed by atoms with Crippen molar-refractivity contribution < 1.29 is 9.53 Å². The number of halogens is 1. The Morgan fingerprint density at radius 3 is 2.80 bits per heavy atom. The average Bonchev–Trinajstić information content (AvgIpc) is 2.28. The third-order valence-electron chi connectivity index (χ3n) is 2.29. The predicted octanol–water partition coefficient (Wildman–Crippen LogP) is 2.54. The first-order valence-electron chi connectivity index (χ1n) is 4.61. The number of nitrogens with zero attached hydrogens (tertiary/aromatic N) is 1. The molecule has 0 saturated heterocycles. The van der Waals surface area contributed by atoms with Crippen LogP contribution in [0.4, 0.5) is 0 Å². The molecule has 1 heterocycles. The lowest BCUT2D eigenvalue weighted by atomic mass is 9.85. The maximum Gasteiger partial charge on any atom is 0.338 e. The molecular weight excluding hydrogens is 258 g/mol. The zero-order valence-corrected chi connectivity index (χ0v) is 10.7. The number of esters is 1. The van der Waals surface area contributed by atoms with Crippen molar-refractivity contribution in [3.05, 3.63) is 29.6 Å². The van der Waals surface area contributed by atoms with Gasteiger partial charge in [0, 0.05) is 23.1 Å². The minimum absolute atomic E-state index is 0.141. The van der Waals surface area contributed by atoms with Gasteiger partial charge in [-0.1, -0.05) is 29.8 Å². The molecule has 3 nitrogen and oxygen atoms in total. The molecule has 0 saturated carbocycles. The Morgan fingerprint density at radius 1 is 1.60 bits per heavy atom. The fourth-order valence-corrected chi connectivity index (χ4v) is 1.60. The zero-order chi connectivity index (χ0) is 11.5. The zero-order valence-electron chi connectivity index (χ0n) is 9.08. The maximum absolute atomic E-state index is 11.5. The van der Waals surface area contributed by atoms with Crippen LogP contribution in [0.5, 0.6) is 0 Å². The molecule has 0 aliphatic rings. The summed E-state index contributed by atoms with van der Waals surface area (Å²) in [5, 5.41) is 0.760. The van der Waals surface area contributed by atoms with E-state index < -0.39 is 0 Å². The molecule has 1 rings (SSSR count). The number of rotatable bonds is 3. The summed E-state index contributed by atoms with van der Waals surface area (Å²) in [7, 11) is 1.38. The third-order valence-corrected chi connectivity index (χ3v) is 3.69. The Hall–Kier alpha value is -0.900. The Labute approximate surface area is 98.0 Å². The second-order valence-electron chi connectivity index (χ2n) is 3.93. The lowest BCUT2D eigenvalue weighted by Gasteiger charge is -2.23. The monoisotopic (exact) mass is 271 g/mol. The molecule has 0 fully saturated rings. The van der Waals surface area contributed by atoms with Crippen molar-refractivity contribution >= 4 is 21.9 Å². The van der Waals surface area contributed by atoms with E-state index in [1.165, 1.54) is 7.11 Å². The van der Waals surface area contributed by atoms with Crippen molar-refractivity contribution in [2.75, 3.05) is 12.4 Å². The van der Waals surface area contributed by atoms with Gasteiger partial charge >= 0.3 is 5.97 Å². The Bertz CT molecular complexity index is 363. The average molecular weight is 272 g/mol. The largest absolute Gasteiger partial charge is 0.465 e. The molecule has 0 aromatic carbocycles. The number of aromatic nitrogens is 1. The summed E-state index contributed by atoms with van der Waals surface area (Å²) < 4.78 is 4.73. The first kappa shape index (κ1) is 12.2. The van der Waals surface area contributed by atoms with Gasteiger partial charge in [-0.3, -0.25) is 4.98 Å². The quantitative estimate of drug-likeness (QED) is 0.627. The molecule has 15 heavy (non-hydrogen) atoms. The molecule has 1 aromatic heterocycles. The predicted molar refractivity (Wildman–Crippen MR) is 62.4 cm³/mol. The van der Waals surface area contributed by atoms with Crippen molar-refractivity contribution in [1.29, 1.82) is 0 Å². The Kier molecular flexibility index (Phi) is 3.85. The van der Waals surface area contributed by atoms with Crippen LogP contribution in [0.15, 0.2) is 18.5 Å². The van der Waals surface area contributed by atoms with E-state index in [0.717, 1.165) is 10.9 Å². The first-order chi connectivity index (χ1) is 7.03. The molecule has 82 valence electrons. The van der Waals surface area contributed by atoms with Crippen LogP contribution in [0.3, 0.4) is 0 Å². The van der Waals surface area contributed by atoms with Crippen LogP contribution in [0.2, 0.25) is 0 Å². The van der Waals surface area contributed by atoms with Crippen LogP contribution in [-0.4, -0.2) is 23.4 Å². The van der Waals surface area contributed by atoms with Crippen molar-refractivity contribution in [2.45, 2.75) is 19.3 Å². The highest BCUT2D eigenvalue weighted by Gasteiger charge is 2.25. The van der Waals surface area contributed by atoms with Gasteiger partial charge in [0.25, 0.3) is 0 Å². The number of carbonyl (C=O) groups is 1. The molecule has 4 heteroatoms. The molecule has 0 unspecified atom stereocenters. The molecule has 0 radical (unpaired) electrons. The van der Waals surface area contributed by atoms with Crippen molar-refractivity contribution in [3.8, 4) is 0 Å².